The average molecular weight is 484 g/mol. The predicted octanol–water partition coefficient (Wildman–Crippen LogP) is 5.29. The van der Waals surface area contributed by atoms with Crippen LogP contribution in [0.25, 0.3) is 11.3 Å². The highest BCUT2D eigenvalue weighted by Gasteiger charge is 2.14. The van der Waals surface area contributed by atoms with Crippen LogP contribution >= 0.6 is 0 Å². The number of rotatable bonds is 7. The molecule has 36 heavy (non-hydrogen) atoms. The van der Waals surface area contributed by atoms with Crippen molar-refractivity contribution in [3.63, 3.8) is 0 Å². The van der Waals surface area contributed by atoms with E-state index in [0.717, 1.165) is 5.56 Å². The van der Waals surface area contributed by atoms with E-state index in [9.17, 15) is 19.6 Å². The van der Waals surface area contributed by atoms with E-state index < -0.39 is 11.7 Å². The van der Waals surface area contributed by atoms with Gasteiger partial charge in [-0.25, -0.2) is 14.4 Å². The highest BCUT2D eigenvalue weighted by Crippen LogP contribution is 2.32. The summed E-state index contributed by atoms with van der Waals surface area (Å²) in [6.45, 7) is 1.91. The number of aromatic hydroxyl groups is 1. The van der Waals surface area contributed by atoms with E-state index in [2.05, 4.69) is 20.6 Å². The Kier molecular flexibility index (Phi) is 7.07. The number of methoxy groups -OCH3 is 1. The number of hydrogen-bond acceptors (Lipinski definition) is 7. The summed E-state index contributed by atoms with van der Waals surface area (Å²) < 4.78 is 18.6. The van der Waals surface area contributed by atoms with Crippen LogP contribution in [0.5, 0.6) is 11.5 Å². The van der Waals surface area contributed by atoms with E-state index >= 15 is 0 Å². The molecule has 1 heterocycles. The lowest BCUT2D eigenvalue weighted by molar-refractivity contribution is 0.102. The maximum absolute atomic E-state index is 13.5. The van der Waals surface area contributed by atoms with Crippen LogP contribution in [0.2, 0.25) is 0 Å². The zero-order chi connectivity index (χ0) is 25.7. The third-order valence-corrected chi connectivity index (χ3v) is 5.40. The van der Waals surface area contributed by atoms with E-state index in [4.69, 9.17) is 4.74 Å². The number of hydrogen-bond donors (Lipinski definition) is 3. The number of carbonyl (C=O) groups is 1. The zero-order valence-electron chi connectivity index (χ0n) is 19.5. The Balaban J connectivity index is 1.55. The van der Waals surface area contributed by atoms with Crippen LogP contribution in [-0.2, 0) is 0 Å². The number of phenolic OH excluding ortho intramolecular Hbond substituents is 1. The second kappa shape index (κ2) is 10.5. The molecule has 0 aliphatic heterocycles. The molecule has 4 aromatic rings. The van der Waals surface area contributed by atoms with Crippen molar-refractivity contribution in [3.05, 3.63) is 95.6 Å². The SMILES string of the molecule is COc1cc(-c2cc(N[C@@H](C)c3cccc(NC(=O)c4cccc(F)c4)c3)nc(C#N)n2)ccc1O. The number of nitrogens with one attached hydrogen (secondary N) is 2. The van der Waals surface area contributed by atoms with Crippen molar-refractivity contribution in [3.8, 4) is 28.8 Å². The molecular weight excluding hydrogens is 461 g/mol. The standard InChI is InChI=1S/C27H22FN5O3/c1-16(17-5-4-8-21(12-17)31-27(35)19-6-3-7-20(28)11-19)30-25-14-22(32-26(15-29)33-25)18-9-10-23(34)24(13-18)36-2/h3-14,16,34H,1-2H3,(H,31,35)(H,30,32,33)/t16-/m0/s1. The summed E-state index contributed by atoms with van der Waals surface area (Å²) in [5.74, 6) is -0.232. The topological polar surface area (TPSA) is 120 Å². The van der Waals surface area contributed by atoms with Gasteiger partial charge in [-0.1, -0.05) is 18.2 Å². The lowest BCUT2D eigenvalue weighted by Gasteiger charge is -2.17. The maximum atomic E-state index is 13.5. The van der Waals surface area contributed by atoms with Gasteiger partial charge in [0.15, 0.2) is 11.5 Å². The highest BCUT2D eigenvalue weighted by atomic mass is 19.1. The zero-order valence-corrected chi connectivity index (χ0v) is 19.5. The Bertz CT molecular complexity index is 1470. The third kappa shape index (κ3) is 5.56. The molecule has 0 radical (unpaired) electrons. The van der Waals surface area contributed by atoms with Gasteiger partial charge in [-0.2, -0.15) is 5.26 Å². The number of amides is 1. The minimum atomic E-state index is -0.485. The molecule has 1 atom stereocenters. The fraction of sp³-hybridized carbons (Fsp3) is 0.111. The Morgan fingerprint density at radius 1 is 1.08 bits per heavy atom. The number of nitriles is 1. The maximum Gasteiger partial charge on any atom is 0.255 e. The largest absolute Gasteiger partial charge is 0.504 e. The lowest BCUT2D eigenvalue weighted by Crippen LogP contribution is -2.13. The van der Waals surface area contributed by atoms with Gasteiger partial charge < -0.3 is 20.5 Å². The molecule has 0 saturated carbocycles. The van der Waals surface area contributed by atoms with Gasteiger partial charge in [-0.3, -0.25) is 4.79 Å². The molecule has 4 rings (SSSR count). The predicted molar refractivity (Wildman–Crippen MR) is 133 cm³/mol. The summed E-state index contributed by atoms with van der Waals surface area (Å²) in [5, 5.41) is 25.3. The van der Waals surface area contributed by atoms with Gasteiger partial charge in [0.05, 0.1) is 18.8 Å². The van der Waals surface area contributed by atoms with E-state index in [1.165, 1.54) is 37.4 Å². The molecule has 0 spiro atoms. The highest BCUT2D eigenvalue weighted by molar-refractivity contribution is 6.04. The monoisotopic (exact) mass is 483 g/mol. The molecule has 0 aliphatic carbocycles. The minimum Gasteiger partial charge on any atom is -0.504 e. The van der Waals surface area contributed by atoms with Gasteiger partial charge in [0.2, 0.25) is 5.82 Å². The van der Waals surface area contributed by atoms with Gasteiger partial charge in [-0.05, 0) is 61.0 Å². The minimum absolute atomic E-state index is 0.00726. The summed E-state index contributed by atoms with van der Waals surface area (Å²) >= 11 is 0. The molecule has 3 N–H and O–H groups in total. The lowest BCUT2D eigenvalue weighted by atomic mass is 10.1. The van der Waals surface area contributed by atoms with Crippen LogP contribution in [0, 0.1) is 17.1 Å². The normalized spacial score (nSPS) is 11.3. The molecule has 0 unspecified atom stereocenters. The van der Waals surface area contributed by atoms with Gasteiger partial charge in [-0.15, -0.1) is 0 Å². The molecule has 3 aromatic carbocycles. The number of aromatic nitrogens is 2. The first-order valence-electron chi connectivity index (χ1n) is 11.0. The Hall–Kier alpha value is -4.97. The van der Waals surface area contributed by atoms with Crippen LogP contribution in [0.15, 0.2) is 72.8 Å². The molecule has 1 amide bonds. The van der Waals surface area contributed by atoms with Crippen LogP contribution in [0.3, 0.4) is 0 Å². The molecule has 0 bridgehead atoms. The Morgan fingerprint density at radius 3 is 2.64 bits per heavy atom. The van der Waals surface area contributed by atoms with Crippen LogP contribution in [0.1, 0.15) is 34.7 Å². The fourth-order valence-electron chi connectivity index (χ4n) is 3.58. The van der Waals surface area contributed by atoms with Crippen LogP contribution < -0.4 is 15.4 Å². The summed E-state index contributed by atoms with van der Waals surface area (Å²) in [5.41, 5.74) is 2.73. The molecule has 180 valence electrons. The summed E-state index contributed by atoms with van der Waals surface area (Å²) in [6, 6.07) is 20.9. The second-order valence-corrected chi connectivity index (χ2v) is 7.92. The van der Waals surface area contributed by atoms with E-state index in [0.29, 0.717) is 22.8 Å². The molecule has 9 heteroatoms. The summed E-state index contributed by atoms with van der Waals surface area (Å²) in [4.78, 5) is 21.0. The van der Waals surface area contributed by atoms with Crippen molar-refractivity contribution < 1.29 is 19.0 Å². The number of benzene rings is 3. The van der Waals surface area contributed by atoms with Crippen molar-refractivity contribution in [2.24, 2.45) is 0 Å². The molecule has 0 aliphatic rings. The Labute approximate surface area is 207 Å². The molecule has 0 fully saturated rings. The smallest absolute Gasteiger partial charge is 0.255 e. The number of carbonyl (C=O) groups excluding carboxylic acids is 1. The summed E-state index contributed by atoms with van der Waals surface area (Å²) in [7, 11) is 1.45. The number of anilines is 2. The first-order chi connectivity index (χ1) is 17.4. The van der Waals surface area contributed by atoms with E-state index in [1.807, 2.05) is 19.1 Å². The van der Waals surface area contributed by atoms with E-state index in [1.54, 1.807) is 36.4 Å². The van der Waals surface area contributed by atoms with Crippen molar-refractivity contribution in [2.75, 3.05) is 17.7 Å². The van der Waals surface area contributed by atoms with Gasteiger partial charge >= 0.3 is 0 Å². The average Bonchev–Trinajstić information content (AvgIpc) is 2.88. The number of phenols is 1. The van der Waals surface area contributed by atoms with Crippen LogP contribution in [0.4, 0.5) is 15.9 Å². The van der Waals surface area contributed by atoms with Gasteiger partial charge in [0.25, 0.3) is 5.91 Å². The number of halogens is 1. The number of nitrogens with zero attached hydrogens (tertiary/aromatic N) is 3. The van der Waals surface area contributed by atoms with Crippen molar-refractivity contribution in [2.45, 2.75) is 13.0 Å². The summed E-state index contributed by atoms with van der Waals surface area (Å²) in [6.07, 6.45) is 0. The van der Waals surface area contributed by atoms with Crippen molar-refractivity contribution >= 4 is 17.4 Å². The fourth-order valence-corrected chi connectivity index (χ4v) is 3.58. The molecule has 0 saturated heterocycles. The van der Waals surface area contributed by atoms with Gasteiger partial charge in [0, 0.05) is 22.9 Å². The molecule has 1 aromatic heterocycles. The molecular formula is C27H22FN5O3. The molecule has 8 nitrogen and oxygen atoms in total. The van der Waals surface area contributed by atoms with Gasteiger partial charge in [0.1, 0.15) is 17.7 Å². The second-order valence-electron chi connectivity index (χ2n) is 7.92. The van der Waals surface area contributed by atoms with E-state index in [-0.39, 0.29) is 28.9 Å². The Morgan fingerprint density at radius 2 is 1.89 bits per heavy atom. The third-order valence-electron chi connectivity index (χ3n) is 5.40. The first kappa shape index (κ1) is 24.2. The first-order valence-corrected chi connectivity index (χ1v) is 11.0. The van der Waals surface area contributed by atoms with Crippen molar-refractivity contribution in [1.82, 2.24) is 9.97 Å². The quantitative estimate of drug-likeness (QED) is 0.326. The number of ether oxygens (including phenoxy) is 1. The van der Waals surface area contributed by atoms with Crippen molar-refractivity contribution in [1.29, 1.82) is 5.26 Å². The van der Waals surface area contributed by atoms with Crippen LogP contribution in [-0.4, -0.2) is 28.1 Å².